The molecular weight excluding hydrogens is 106 g/mol. The number of piperidine rings is 1. The lowest BCUT2D eigenvalue weighted by Crippen LogP contribution is -2.74. The molecule has 2 rings (SSSR count). The fourth-order valence-corrected chi connectivity index (χ4v) is 1.42. The van der Waals surface area contributed by atoms with Gasteiger partial charge in [-0.2, -0.15) is 0 Å². The van der Waals surface area contributed by atoms with Crippen LogP contribution in [0.25, 0.3) is 0 Å². The number of fused-ring (bicyclic) bond motifs is 1. The molecule has 3 heteroatoms. The molecule has 2 N–H and O–H groups in total. The number of hydrogen-bond acceptors (Lipinski definition) is 3. The summed E-state index contributed by atoms with van der Waals surface area (Å²) in [6.07, 6.45) is 0.0515. The smallest absolute Gasteiger partial charge is 0.135 e. The first kappa shape index (κ1) is 4.73. The predicted octanol–water partition coefficient (Wildman–Crippen LogP) is -1.25. The maximum absolute atomic E-state index is 8.91. The summed E-state index contributed by atoms with van der Waals surface area (Å²) in [7, 11) is 0. The van der Waals surface area contributed by atoms with Crippen LogP contribution in [0.1, 0.15) is 6.42 Å². The van der Waals surface area contributed by atoms with Gasteiger partial charge >= 0.3 is 0 Å². The molecule has 0 radical (unpaired) electrons. The third kappa shape index (κ3) is 0.321. The molecule has 2 aliphatic heterocycles. The molecule has 8 heavy (non-hydrogen) atoms. The van der Waals surface area contributed by atoms with Gasteiger partial charge in [-0.1, -0.05) is 0 Å². The van der Waals surface area contributed by atoms with Crippen molar-refractivity contribution in [1.82, 2.24) is 4.90 Å². The van der Waals surface area contributed by atoms with Crippen molar-refractivity contribution in [2.75, 3.05) is 6.54 Å². The first-order valence-electron chi connectivity index (χ1n) is 2.92. The highest BCUT2D eigenvalue weighted by molar-refractivity contribution is 5.02. The van der Waals surface area contributed by atoms with Gasteiger partial charge in [0.15, 0.2) is 0 Å². The molecule has 2 aliphatic rings. The number of aliphatic hydroxyl groups is 2. The third-order valence-corrected chi connectivity index (χ3v) is 2.15. The average Bonchev–Trinajstić information content (AvgIpc) is 1.64. The van der Waals surface area contributed by atoms with Crippen LogP contribution in [0.3, 0.4) is 0 Å². The van der Waals surface area contributed by atoms with Crippen LogP contribution in [-0.4, -0.2) is 40.0 Å². The Morgan fingerprint density at radius 2 is 2.12 bits per heavy atom. The van der Waals surface area contributed by atoms with Gasteiger partial charge in [-0.15, -0.1) is 0 Å². The molecule has 2 saturated heterocycles. The molecule has 0 aromatic heterocycles. The van der Waals surface area contributed by atoms with Gasteiger partial charge in [-0.3, -0.25) is 4.90 Å². The topological polar surface area (TPSA) is 43.7 Å². The van der Waals surface area contributed by atoms with Crippen LogP contribution in [0.15, 0.2) is 0 Å². The maximum Gasteiger partial charge on any atom is 0.135 e. The molecule has 2 heterocycles. The van der Waals surface area contributed by atoms with Crippen LogP contribution in [-0.2, 0) is 0 Å². The van der Waals surface area contributed by atoms with Gasteiger partial charge in [0.1, 0.15) is 12.3 Å². The Kier molecular flexibility index (Phi) is 0.730. The van der Waals surface area contributed by atoms with Gasteiger partial charge in [0.05, 0.1) is 0 Å². The molecule has 3 unspecified atom stereocenters. The van der Waals surface area contributed by atoms with Gasteiger partial charge in [0.2, 0.25) is 0 Å². The Hall–Kier alpha value is -0.120. The minimum Gasteiger partial charge on any atom is -0.387 e. The second kappa shape index (κ2) is 1.23. The number of aliphatic hydroxyl groups excluding tert-OH is 2. The first-order chi connectivity index (χ1) is 3.80. The number of hydrogen-bond donors (Lipinski definition) is 2. The SMILES string of the molecule is OC1C(O)N2CCC12. The van der Waals surface area contributed by atoms with E-state index in [0.717, 1.165) is 13.0 Å². The van der Waals surface area contributed by atoms with E-state index in [1.165, 1.54) is 0 Å². The highest BCUT2D eigenvalue weighted by Crippen LogP contribution is 2.34. The Labute approximate surface area is 47.5 Å². The van der Waals surface area contributed by atoms with E-state index in [1.807, 2.05) is 4.90 Å². The van der Waals surface area contributed by atoms with Crippen LogP contribution in [0.2, 0.25) is 0 Å². The zero-order valence-corrected chi connectivity index (χ0v) is 4.49. The molecule has 0 spiro atoms. The molecule has 46 valence electrons. The lowest BCUT2D eigenvalue weighted by atomic mass is 9.86. The Morgan fingerprint density at radius 1 is 1.38 bits per heavy atom. The third-order valence-electron chi connectivity index (χ3n) is 2.15. The van der Waals surface area contributed by atoms with Gasteiger partial charge in [-0.05, 0) is 6.42 Å². The van der Waals surface area contributed by atoms with Crippen molar-refractivity contribution >= 4 is 0 Å². The van der Waals surface area contributed by atoms with Crippen molar-refractivity contribution in [3.8, 4) is 0 Å². The van der Waals surface area contributed by atoms with Crippen molar-refractivity contribution < 1.29 is 10.2 Å². The normalized spacial score (nSPS) is 54.0. The maximum atomic E-state index is 8.91. The van der Waals surface area contributed by atoms with Crippen molar-refractivity contribution in [2.45, 2.75) is 24.8 Å². The standard InChI is InChI=1S/C5H9NO2/c7-4-3-1-2-6(3)5(4)8/h3-5,7-8H,1-2H2. The first-order valence-corrected chi connectivity index (χ1v) is 2.92. The van der Waals surface area contributed by atoms with E-state index in [1.54, 1.807) is 0 Å². The predicted molar refractivity (Wildman–Crippen MR) is 27.1 cm³/mol. The fraction of sp³-hybridized carbons (Fsp3) is 1.00. The Balaban J connectivity index is 2.03. The molecule has 0 saturated carbocycles. The molecule has 2 fully saturated rings. The van der Waals surface area contributed by atoms with Crippen LogP contribution in [0.5, 0.6) is 0 Å². The molecular formula is C5H9NO2. The molecule has 0 aromatic rings. The van der Waals surface area contributed by atoms with E-state index in [0.29, 0.717) is 6.04 Å². The van der Waals surface area contributed by atoms with Crippen molar-refractivity contribution in [3.63, 3.8) is 0 Å². The summed E-state index contributed by atoms with van der Waals surface area (Å²) in [4.78, 5) is 1.89. The summed E-state index contributed by atoms with van der Waals surface area (Å²) in [5.41, 5.74) is 0. The van der Waals surface area contributed by atoms with E-state index in [2.05, 4.69) is 0 Å². The largest absolute Gasteiger partial charge is 0.387 e. The van der Waals surface area contributed by atoms with Gasteiger partial charge in [0, 0.05) is 12.6 Å². The van der Waals surface area contributed by atoms with Crippen LogP contribution >= 0.6 is 0 Å². The van der Waals surface area contributed by atoms with Crippen molar-refractivity contribution in [1.29, 1.82) is 0 Å². The molecule has 0 aliphatic carbocycles. The molecule has 0 amide bonds. The van der Waals surface area contributed by atoms with Crippen LogP contribution in [0.4, 0.5) is 0 Å². The van der Waals surface area contributed by atoms with E-state index >= 15 is 0 Å². The summed E-state index contributed by atoms with van der Waals surface area (Å²) in [6, 6.07) is 0.296. The van der Waals surface area contributed by atoms with Crippen molar-refractivity contribution in [3.05, 3.63) is 0 Å². The minimum atomic E-state index is -0.547. The Morgan fingerprint density at radius 3 is 2.25 bits per heavy atom. The van der Waals surface area contributed by atoms with E-state index < -0.39 is 12.3 Å². The highest BCUT2D eigenvalue weighted by atomic mass is 16.4. The number of rotatable bonds is 0. The quantitative estimate of drug-likeness (QED) is 0.415. The molecule has 3 nitrogen and oxygen atoms in total. The summed E-state index contributed by atoms with van der Waals surface area (Å²) >= 11 is 0. The molecule has 0 bridgehead atoms. The molecule has 0 aromatic carbocycles. The Bertz CT molecular complexity index is 91.0. The summed E-state index contributed by atoms with van der Waals surface area (Å²) in [5, 5.41) is 17.8. The second-order valence-corrected chi connectivity index (χ2v) is 2.50. The van der Waals surface area contributed by atoms with Gasteiger partial charge < -0.3 is 10.2 Å². The van der Waals surface area contributed by atoms with E-state index in [4.69, 9.17) is 10.2 Å². The monoisotopic (exact) mass is 115 g/mol. The lowest BCUT2D eigenvalue weighted by molar-refractivity contribution is -0.253. The lowest BCUT2D eigenvalue weighted by Gasteiger charge is -2.57. The number of nitrogens with zero attached hydrogens (tertiary/aromatic N) is 1. The summed E-state index contributed by atoms with van der Waals surface area (Å²) < 4.78 is 0. The fourth-order valence-electron chi connectivity index (χ4n) is 1.42. The van der Waals surface area contributed by atoms with E-state index in [9.17, 15) is 0 Å². The second-order valence-electron chi connectivity index (χ2n) is 2.50. The summed E-state index contributed by atoms with van der Waals surface area (Å²) in [6.45, 7) is 0.961. The average molecular weight is 115 g/mol. The molecule has 3 atom stereocenters. The zero-order chi connectivity index (χ0) is 5.72. The van der Waals surface area contributed by atoms with Crippen LogP contribution in [0, 0.1) is 0 Å². The minimum absolute atomic E-state index is 0.296. The highest BCUT2D eigenvalue weighted by Gasteiger charge is 2.51. The zero-order valence-electron chi connectivity index (χ0n) is 4.49. The van der Waals surface area contributed by atoms with E-state index in [-0.39, 0.29) is 0 Å². The van der Waals surface area contributed by atoms with Gasteiger partial charge in [-0.25, -0.2) is 0 Å². The van der Waals surface area contributed by atoms with Gasteiger partial charge in [0.25, 0.3) is 0 Å². The summed E-state index contributed by atoms with van der Waals surface area (Å²) in [5.74, 6) is 0. The van der Waals surface area contributed by atoms with Crippen molar-refractivity contribution in [2.24, 2.45) is 0 Å². The van der Waals surface area contributed by atoms with Crippen LogP contribution < -0.4 is 0 Å².